The van der Waals surface area contributed by atoms with Crippen LogP contribution in [-0.4, -0.2) is 56.9 Å². The summed E-state index contributed by atoms with van der Waals surface area (Å²) < 4.78 is 10.4. The van der Waals surface area contributed by atoms with Crippen molar-refractivity contribution >= 4 is 5.91 Å². The minimum atomic E-state index is -0.531. The number of nitrogens with zero attached hydrogens (tertiary/aromatic N) is 1. The van der Waals surface area contributed by atoms with E-state index in [1.54, 1.807) is 11.9 Å². The summed E-state index contributed by atoms with van der Waals surface area (Å²) in [5.74, 6) is -0.0736. The topological polar surface area (TPSA) is 64.8 Å². The highest BCUT2D eigenvalue weighted by Gasteiger charge is 2.24. The molecule has 5 heteroatoms. The van der Waals surface area contributed by atoms with Crippen molar-refractivity contribution in [1.29, 1.82) is 0 Å². The normalized spacial score (nSPS) is 22.7. The summed E-state index contributed by atoms with van der Waals surface area (Å²) in [6, 6.07) is 0. The molecule has 2 atom stereocenters. The molecule has 0 spiro atoms. The van der Waals surface area contributed by atoms with Gasteiger partial charge in [0.2, 0.25) is 0 Å². The molecule has 1 rings (SSSR count). The van der Waals surface area contributed by atoms with Crippen LogP contribution >= 0.6 is 0 Å². The Morgan fingerprint density at radius 2 is 2.47 bits per heavy atom. The molecule has 2 unspecified atom stereocenters. The van der Waals surface area contributed by atoms with Crippen molar-refractivity contribution in [1.82, 2.24) is 4.90 Å². The van der Waals surface area contributed by atoms with Gasteiger partial charge in [-0.25, -0.2) is 0 Å². The van der Waals surface area contributed by atoms with Gasteiger partial charge in [0.15, 0.2) is 0 Å². The minimum Gasteiger partial charge on any atom is -0.376 e. The fraction of sp³-hybridized carbons (Fsp3) is 0.900. The number of methoxy groups -OCH3 is 1. The Balaban J connectivity index is 2.37. The quantitative estimate of drug-likeness (QED) is 0.679. The van der Waals surface area contributed by atoms with Gasteiger partial charge in [-0.2, -0.15) is 0 Å². The van der Waals surface area contributed by atoms with Gasteiger partial charge in [0, 0.05) is 33.9 Å². The van der Waals surface area contributed by atoms with E-state index in [0.29, 0.717) is 6.54 Å². The third-order valence-corrected chi connectivity index (χ3v) is 2.65. The maximum atomic E-state index is 11.8. The summed E-state index contributed by atoms with van der Waals surface area (Å²) in [5, 5.41) is 0. The van der Waals surface area contributed by atoms with Gasteiger partial charge in [-0.1, -0.05) is 0 Å². The summed E-state index contributed by atoms with van der Waals surface area (Å²) in [5.41, 5.74) is 5.43. The van der Waals surface area contributed by atoms with Crippen LogP contribution in [0, 0.1) is 0 Å². The van der Waals surface area contributed by atoms with Crippen LogP contribution in [0.15, 0.2) is 0 Å². The number of hydrogen-bond acceptors (Lipinski definition) is 4. The zero-order chi connectivity index (χ0) is 11.3. The average Bonchev–Trinajstić information content (AvgIpc) is 2.72. The fourth-order valence-corrected chi connectivity index (χ4v) is 1.73. The monoisotopic (exact) mass is 216 g/mol. The number of rotatable bonds is 5. The molecular weight excluding hydrogens is 196 g/mol. The first kappa shape index (κ1) is 12.4. The van der Waals surface area contributed by atoms with E-state index in [1.165, 1.54) is 7.11 Å². The molecule has 15 heavy (non-hydrogen) atoms. The fourth-order valence-electron chi connectivity index (χ4n) is 1.73. The van der Waals surface area contributed by atoms with Crippen molar-refractivity contribution in [2.75, 3.05) is 33.9 Å². The van der Waals surface area contributed by atoms with Crippen LogP contribution in [0.3, 0.4) is 0 Å². The second kappa shape index (κ2) is 6.05. The maximum absolute atomic E-state index is 11.8. The molecule has 5 nitrogen and oxygen atoms in total. The van der Waals surface area contributed by atoms with Gasteiger partial charge in [0.05, 0.1) is 6.10 Å². The summed E-state index contributed by atoms with van der Waals surface area (Å²) in [6.07, 6.45) is 1.75. The Hall–Kier alpha value is -0.650. The number of carbonyl (C=O) groups excluding carboxylic acids is 1. The first-order chi connectivity index (χ1) is 7.19. The Bertz CT molecular complexity index is 201. The molecule has 0 aliphatic carbocycles. The maximum Gasteiger partial charge on any atom is 0.252 e. The van der Waals surface area contributed by atoms with Gasteiger partial charge in [0.1, 0.15) is 6.10 Å². The summed E-state index contributed by atoms with van der Waals surface area (Å²) >= 11 is 0. The highest BCUT2D eigenvalue weighted by molar-refractivity contribution is 5.80. The SMILES string of the molecule is COC(CN)C(=O)N(C)CC1CCCO1. The molecule has 0 aromatic carbocycles. The lowest BCUT2D eigenvalue weighted by atomic mass is 10.2. The highest BCUT2D eigenvalue weighted by atomic mass is 16.5. The van der Waals surface area contributed by atoms with Crippen LogP contribution in [0.1, 0.15) is 12.8 Å². The minimum absolute atomic E-state index is 0.0736. The van der Waals surface area contributed by atoms with Gasteiger partial charge in [0.25, 0.3) is 5.91 Å². The molecule has 0 aromatic rings. The Kier molecular flexibility index (Phi) is 5.01. The molecule has 0 aromatic heterocycles. The van der Waals surface area contributed by atoms with E-state index in [-0.39, 0.29) is 18.6 Å². The summed E-state index contributed by atoms with van der Waals surface area (Å²) in [7, 11) is 3.25. The van der Waals surface area contributed by atoms with E-state index in [9.17, 15) is 4.79 Å². The molecule has 2 N–H and O–H groups in total. The standard InChI is InChI=1S/C10H20N2O3/c1-12(7-8-4-3-5-15-8)10(13)9(6-11)14-2/h8-9H,3-7,11H2,1-2H3. The van der Waals surface area contributed by atoms with Gasteiger partial charge in [-0.3, -0.25) is 4.79 Å². The van der Waals surface area contributed by atoms with Crippen molar-refractivity contribution in [3.63, 3.8) is 0 Å². The van der Waals surface area contributed by atoms with Crippen molar-refractivity contribution in [2.45, 2.75) is 25.0 Å². The van der Waals surface area contributed by atoms with E-state index in [1.807, 2.05) is 0 Å². The molecule has 1 heterocycles. The van der Waals surface area contributed by atoms with Gasteiger partial charge in [-0.05, 0) is 12.8 Å². The molecule has 1 fully saturated rings. The lowest BCUT2D eigenvalue weighted by Crippen LogP contribution is -2.44. The van der Waals surface area contributed by atoms with Crippen LogP contribution < -0.4 is 5.73 Å². The molecule has 1 saturated heterocycles. The predicted octanol–water partition coefficient (Wildman–Crippen LogP) is -0.402. The number of hydrogen-bond donors (Lipinski definition) is 1. The van der Waals surface area contributed by atoms with E-state index in [0.717, 1.165) is 19.4 Å². The Labute approximate surface area is 90.5 Å². The number of carbonyl (C=O) groups is 1. The number of amides is 1. The zero-order valence-electron chi connectivity index (χ0n) is 9.44. The van der Waals surface area contributed by atoms with Crippen molar-refractivity contribution in [3.05, 3.63) is 0 Å². The van der Waals surface area contributed by atoms with Crippen LogP contribution in [0.5, 0.6) is 0 Å². The average molecular weight is 216 g/mol. The van der Waals surface area contributed by atoms with E-state index in [4.69, 9.17) is 15.2 Å². The van der Waals surface area contributed by atoms with E-state index >= 15 is 0 Å². The summed E-state index contributed by atoms with van der Waals surface area (Å²) in [4.78, 5) is 13.4. The van der Waals surface area contributed by atoms with Gasteiger partial charge in [-0.15, -0.1) is 0 Å². The lowest BCUT2D eigenvalue weighted by Gasteiger charge is -2.24. The third-order valence-electron chi connectivity index (χ3n) is 2.65. The lowest BCUT2D eigenvalue weighted by molar-refractivity contribution is -0.141. The Morgan fingerprint density at radius 1 is 1.73 bits per heavy atom. The molecule has 0 bridgehead atoms. The number of likely N-dealkylation sites (N-methyl/N-ethyl adjacent to an activating group) is 1. The van der Waals surface area contributed by atoms with E-state index < -0.39 is 6.10 Å². The second-order valence-electron chi connectivity index (χ2n) is 3.81. The molecule has 1 aliphatic rings. The highest BCUT2D eigenvalue weighted by Crippen LogP contribution is 2.13. The third kappa shape index (κ3) is 3.44. The van der Waals surface area contributed by atoms with Gasteiger partial charge >= 0.3 is 0 Å². The molecule has 1 aliphatic heterocycles. The van der Waals surface area contributed by atoms with Crippen LogP contribution in [0.25, 0.3) is 0 Å². The first-order valence-electron chi connectivity index (χ1n) is 5.28. The van der Waals surface area contributed by atoms with Crippen LogP contribution in [0.2, 0.25) is 0 Å². The largest absolute Gasteiger partial charge is 0.376 e. The van der Waals surface area contributed by atoms with Crippen molar-refractivity contribution in [2.24, 2.45) is 5.73 Å². The molecule has 1 amide bonds. The smallest absolute Gasteiger partial charge is 0.252 e. The second-order valence-corrected chi connectivity index (χ2v) is 3.81. The first-order valence-corrected chi connectivity index (χ1v) is 5.28. The molecular formula is C10H20N2O3. The van der Waals surface area contributed by atoms with Crippen molar-refractivity contribution in [3.8, 4) is 0 Å². The van der Waals surface area contributed by atoms with Crippen molar-refractivity contribution < 1.29 is 14.3 Å². The molecule has 0 radical (unpaired) electrons. The number of ether oxygens (including phenoxy) is 2. The number of nitrogens with two attached hydrogens (primary N) is 1. The Morgan fingerprint density at radius 3 is 2.93 bits per heavy atom. The van der Waals surface area contributed by atoms with Crippen LogP contribution in [-0.2, 0) is 14.3 Å². The van der Waals surface area contributed by atoms with Crippen LogP contribution in [0.4, 0.5) is 0 Å². The summed E-state index contributed by atoms with van der Waals surface area (Å²) in [6.45, 7) is 1.64. The molecule has 88 valence electrons. The molecule has 0 saturated carbocycles. The zero-order valence-corrected chi connectivity index (χ0v) is 9.44. The predicted molar refractivity (Wildman–Crippen MR) is 56.5 cm³/mol. The van der Waals surface area contributed by atoms with Gasteiger partial charge < -0.3 is 20.1 Å². The van der Waals surface area contributed by atoms with E-state index in [2.05, 4.69) is 0 Å².